The minimum absolute atomic E-state index is 0.0844. The normalized spacial score (nSPS) is 21.9. The number of nitrogens with zero attached hydrogens (tertiary/aromatic N) is 2. The number of carbonyl (C=O) groups excluding carboxylic acids is 1. The summed E-state index contributed by atoms with van der Waals surface area (Å²) in [7, 11) is 0. The van der Waals surface area contributed by atoms with Gasteiger partial charge in [-0.2, -0.15) is 0 Å². The third-order valence-electron chi connectivity index (χ3n) is 4.45. The Labute approximate surface area is 144 Å². The molecule has 5 nitrogen and oxygen atoms in total. The zero-order valence-electron chi connectivity index (χ0n) is 15.0. The molecule has 0 aromatic heterocycles. The minimum Gasteiger partial charge on any atom is -0.444 e. The molecule has 2 heterocycles. The molecule has 1 unspecified atom stereocenters. The smallest absolute Gasteiger partial charge is 0.410 e. The molecular formula is C19H28N2O3. The Kier molecular flexibility index (Phi) is 4.99. The number of ether oxygens (including phenoxy) is 2. The molecule has 2 aliphatic heterocycles. The highest BCUT2D eigenvalue weighted by Gasteiger charge is 2.29. The fourth-order valence-electron chi connectivity index (χ4n) is 3.22. The summed E-state index contributed by atoms with van der Waals surface area (Å²) in [4.78, 5) is 16.4. The molecule has 1 amide bonds. The second-order valence-electron chi connectivity index (χ2n) is 7.57. The van der Waals surface area contributed by atoms with Crippen LogP contribution in [0.25, 0.3) is 0 Å². The molecule has 0 spiro atoms. The summed E-state index contributed by atoms with van der Waals surface area (Å²) < 4.78 is 11.3. The van der Waals surface area contributed by atoms with Gasteiger partial charge in [-0.25, -0.2) is 4.79 Å². The van der Waals surface area contributed by atoms with Crippen LogP contribution in [0.5, 0.6) is 0 Å². The third-order valence-corrected chi connectivity index (χ3v) is 4.45. The van der Waals surface area contributed by atoms with Gasteiger partial charge in [-0.3, -0.25) is 0 Å². The second-order valence-corrected chi connectivity index (χ2v) is 7.57. The third kappa shape index (κ3) is 4.20. The Bertz CT molecular complexity index is 559. The summed E-state index contributed by atoms with van der Waals surface area (Å²) in [6, 6.07) is 8.57. The van der Waals surface area contributed by atoms with Gasteiger partial charge in [-0.05, 0) is 51.3 Å². The standard InChI is InChI=1S/C19H28N2O3/c1-19(2,3)24-18(22)21-12-13-23-17(14-21)15-6-8-16(9-7-15)20-10-4-5-11-20/h6-9,17H,4-5,10-14H2,1-3H3. The maximum atomic E-state index is 12.3. The van der Waals surface area contributed by atoms with Gasteiger partial charge in [0.15, 0.2) is 0 Å². The number of benzene rings is 1. The van der Waals surface area contributed by atoms with Gasteiger partial charge in [0, 0.05) is 25.3 Å². The van der Waals surface area contributed by atoms with Crippen LogP contribution in [0, 0.1) is 0 Å². The topological polar surface area (TPSA) is 42.0 Å². The molecular weight excluding hydrogens is 304 g/mol. The lowest BCUT2D eigenvalue weighted by atomic mass is 10.1. The van der Waals surface area contributed by atoms with Crippen LogP contribution in [-0.4, -0.2) is 49.4 Å². The molecule has 1 aromatic rings. The summed E-state index contributed by atoms with van der Waals surface area (Å²) in [6.07, 6.45) is 2.21. The van der Waals surface area contributed by atoms with Crippen LogP contribution in [0.1, 0.15) is 45.3 Å². The molecule has 1 aromatic carbocycles. The minimum atomic E-state index is -0.470. The first-order valence-electron chi connectivity index (χ1n) is 8.87. The highest BCUT2D eigenvalue weighted by atomic mass is 16.6. The first kappa shape index (κ1) is 17.1. The number of anilines is 1. The Morgan fingerprint density at radius 2 is 1.79 bits per heavy atom. The molecule has 0 bridgehead atoms. The quantitative estimate of drug-likeness (QED) is 0.830. The van der Waals surface area contributed by atoms with E-state index in [2.05, 4.69) is 29.2 Å². The molecule has 0 N–H and O–H groups in total. The van der Waals surface area contributed by atoms with E-state index < -0.39 is 5.60 Å². The summed E-state index contributed by atoms with van der Waals surface area (Å²) >= 11 is 0. The number of hydrogen-bond donors (Lipinski definition) is 0. The Morgan fingerprint density at radius 3 is 2.42 bits per heavy atom. The highest BCUT2D eigenvalue weighted by molar-refractivity contribution is 5.68. The van der Waals surface area contributed by atoms with E-state index in [4.69, 9.17) is 9.47 Å². The van der Waals surface area contributed by atoms with Gasteiger partial charge in [0.1, 0.15) is 11.7 Å². The van der Waals surface area contributed by atoms with E-state index in [-0.39, 0.29) is 12.2 Å². The maximum Gasteiger partial charge on any atom is 0.410 e. The summed E-state index contributed by atoms with van der Waals surface area (Å²) in [5.74, 6) is 0. The van der Waals surface area contributed by atoms with Crippen LogP contribution in [0.4, 0.5) is 10.5 Å². The Hall–Kier alpha value is -1.75. The average molecular weight is 332 g/mol. The van der Waals surface area contributed by atoms with E-state index in [0.717, 1.165) is 18.7 Å². The average Bonchev–Trinajstić information content (AvgIpc) is 3.08. The maximum absolute atomic E-state index is 12.3. The number of amides is 1. The number of morpholine rings is 1. The van der Waals surface area contributed by atoms with Crippen molar-refractivity contribution < 1.29 is 14.3 Å². The van der Waals surface area contributed by atoms with Crippen molar-refractivity contribution in [1.29, 1.82) is 0 Å². The summed E-state index contributed by atoms with van der Waals surface area (Å²) in [6.45, 7) is 9.62. The van der Waals surface area contributed by atoms with Crippen LogP contribution < -0.4 is 4.90 Å². The fourth-order valence-corrected chi connectivity index (χ4v) is 3.22. The van der Waals surface area contributed by atoms with Crippen LogP contribution in [0.2, 0.25) is 0 Å². The molecule has 24 heavy (non-hydrogen) atoms. The van der Waals surface area contributed by atoms with Gasteiger partial charge in [0.2, 0.25) is 0 Å². The van der Waals surface area contributed by atoms with Crippen molar-refractivity contribution in [2.45, 2.75) is 45.3 Å². The van der Waals surface area contributed by atoms with Gasteiger partial charge in [-0.1, -0.05) is 12.1 Å². The van der Waals surface area contributed by atoms with Gasteiger partial charge in [0.25, 0.3) is 0 Å². The van der Waals surface area contributed by atoms with Gasteiger partial charge in [-0.15, -0.1) is 0 Å². The lowest BCUT2D eigenvalue weighted by Gasteiger charge is -2.34. The van der Waals surface area contributed by atoms with Gasteiger partial charge < -0.3 is 19.3 Å². The Morgan fingerprint density at radius 1 is 1.12 bits per heavy atom. The SMILES string of the molecule is CC(C)(C)OC(=O)N1CCOC(c2ccc(N3CCCC3)cc2)C1. The Balaban J connectivity index is 1.63. The van der Waals surface area contributed by atoms with E-state index in [1.165, 1.54) is 18.5 Å². The van der Waals surface area contributed by atoms with Crippen molar-refractivity contribution >= 4 is 11.8 Å². The molecule has 2 aliphatic rings. The van der Waals surface area contributed by atoms with Crippen molar-refractivity contribution in [3.05, 3.63) is 29.8 Å². The lowest BCUT2D eigenvalue weighted by molar-refractivity contribution is -0.0432. The summed E-state index contributed by atoms with van der Waals surface area (Å²) in [5, 5.41) is 0. The fraction of sp³-hybridized carbons (Fsp3) is 0.632. The number of hydrogen-bond acceptors (Lipinski definition) is 4. The second kappa shape index (κ2) is 7.01. The van der Waals surface area contributed by atoms with E-state index in [0.29, 0.717) is 19.7 Å². The lowest BCUT2D eigenvalue weighted by Crippen LogP contribution is -2.44. The monoisotopic (exact) mass is 332 g/mol. The van der Waals surface area contributed by atoms with Crippen molar-refractivity contribution in [2.75, 3.05) is 37.7 Å². The number of carbonyl (C=O) groups is 1. The predicted octanol–water partition coefficient (Wildman–Crippen LogP) is 3.60. The predicted molar refractivity (Wildman–Crippen MR) is 94.4 cm³/mol. The zero-order chi connectivity index (χ0) is 17.2. The van der Waals surface area contributed by atoms with Crippen LogP contribution in [0.15, 0.2) is 24.3 Å². The molecule has 0 radical (unpaired) electrons. The first-order chi connectivity index (χ1) is 11.4. The molecule has 3 rings (SSSR count). The van der Waals surface area contributed by atoms with Crippen LogP contribution >= 0.6 is 0 Å². The molecule has 5 heteroatoms. The van der Waals surface area contributed by atoms with Crippen molar-refractivity contribution in [3.8, 4) is 0 Å². The van der Waals surface area contributed by atoms with Crippen molar-refractivity contribution in [1.82, 2.24) is 4.90 Å². The van der Waals surface area contributed by atoms with Crippen LogP contribution in [0.3, 0.4) is 0 Å². The van der Waals surface area contributed by atoms with E-state index in [1.807, 2.05) is 20.8 Å². The highest BCUT2D eigenvalue weighted by Crippen LogP contribution is 2.27. The first-order valence-corrected chi connectivity index (χ1v) is 8.87. The molecule has 1 atom stereocenters. The largest absolute Gasteiger partial charge is 0.444 e. The van der Waals surface area contributed by atoms with Gasteiger partial charge >= 0.3 is 6.09 Å². The van der Waals surface area contributed by atoms with Crippen LogP contribution in [-0.2, 0) is 9.47 Å². The molecule has 2 fully saturated rings. The van der Waals surface area contributed by atoms with Crippen molar-refractivity contribution in [2.24, 2.45) is 0 Å². The van der Waals surface area contributed by atoms with E-state index in [9.17, 15) is 4.79 Å². The number of rotatable bonds is 2. The zero-order valence-corrected chi connectivity index (χ0v) is 15.0. The van der Waals surface area contributed by atoms with E-state index >= 15 is 0 Å². The molecule has 132 valence electrons. The molecule has 0 aliphatic carbocycles. The molecule has 0 saturated carbocycles. The van der Waals surface area contributed by atoms with E-state index in [1.54, 1.807) is 4.90 Å². The van der Waals surface area contributed by atoms with Crippen molar-refractivity contribution in [3.63, 3.8) is 0 Å². The summed E-state index contributed by atoms with van der Waals surface area (Å²) in [5.41, 5.74) is 1.92. The van der Waals surface area contributed by atoms with Gasteiger partial charge in [0.05, 0.1) is 13.2 Å². The molecule has 2 saturated heterocycles.